The summed E-state index contributed by atoms with van der Waals surface area (Å²) >= 11 is 12.0. The normalized spacial score (nSPS) is 15.2. The maximum atomic E-state index is 12.4. The summed E-state index contributed by atoms with van der Waals surface area (Å²) in [5, 5.41) is 4.22. The first-order valence-corrected chi connectivity index (χ1v) is 9.38. The first-order valence-electron chi connectivity index (χ1n) is 8.62. The van der Waals surface area contributed by atoms with Crippen LogP contribution in [0.3, 0.4) is 0 Å². The van der Waals surface area contributed by atoms with E-state index >= 15 is 0 Å². The highest BCUT2D eigenvalue weighted by atomic mass is 35.5. The average Bonchev–Trinajstić information content (AvgIpc) is 2.62. The molecule has 1 fully saturated rings. The van der Waals surface area contributed by atoms with Gasteiger partial charge in [0.05, 0.1) is 17.3 Å². The number of rotatable bonds is 5. The molecule has 1 saturated heterocycles. The second-order valence-corrected chi connectivity index (χ2v) is 7.34. The third-order valence-corrected chi connectivity index (χ3v) is 5.24. The number of likely N-dealkylation sites (tertiary alicyclic amines) is 1. The number of benzene rings is 2. The van der Waals surface area contributed by atoms with E-state index in [2.05, 4.69) is 29.6 Å². The van der Waals surface area contributed by atoms with Crippen molar-refractivity contribution in [3.05, 3.63) is 64.1 Å². The third-order valence-electron chi connectivity index (χ3n) is 4.70. The van der Waals surface area contributed by atoms with E-state index in [4.69, 9.17) is 23.2 Å². The summed E-state index contributed by atoms with van der Waals surface area (Å²) in [6.45, 7) is 1.91. The Hall–Kier alpha value is -1.71. The Morgan fingerprint density at radius 1 is 1.08 bits per heavy atom. The number of nitrogens with zero attached hydrogens (tertiary/aromatic N) is 1. The summed E-state index contributed by atoms with van der Waals surface area (Å²) in [5.74, 6) is 0.772. The second-order valence-electron chi connectivity index (χ2n) is 6.49. The van der Waals surface area contributed by atoms with Crippen LogP contribution in [0.25, 0.3) is 0 Å². The maximum absolute atomic E-state index is 12.4. The molecule has 3 rings (SSSR count). The Kier molecular flexibility index (Phi) is 6.22. The van der Waals surface area contributed by atoms with Gasteiger partial charge in [-0.2, -0.15) is 0 Å². The molecule has 0 spiro atoms. The molecule has 0 bridgehead atoms. The van der Waals surface area contributed by atoms with Crippen molar-refractivity contribution in [1.29, 1.82) is 0 Å². The van der Waals surface area contributed by atoms with Gasteiger partial charge in [-0.25, -0.2) is 0 Å². The van der Waals surface area contributed by atoms with Crippen LogP contribution in [0.5, 0.6) is 0 Å². The first-order chi connectivity index (χ1) is 12.1. The smallest absolute Gasteiger partial charge is 0.241 e. The summed E-state index contributed by atoms with van der Waals surface area (Å²) in [7, 11) is 0. The molecule has 25 heavy (non-hydrogen) atoms. The summed E-state index contributed by atoms with van der Waals surface area (Å²) in [6, 6.07) is 15.8. The van der Waals surface area contributed by atoms with Gasteiger partial charge in [0, 0.05) is 18.1 Å². The topological polar surface area (TPSA) is 32.3 Å². The fourth-order valence-corrected chi connectivity index (χ4v) is 3.72. The van der Waals surface area contributed by atoms with Crippen molar-refractivity contribution in [2.75, 3.05) is 25.0 Å². The number of carbonyl (C=O) groups is 1. The van der Waals surface area contributed by atoms with Crippen molar-refractivity contribution in [3.63, 3.8) is 0 Å². The number of piperidine rings is 1. The molecule has 1 aliphatic heterocycles. The van der Waals surface area contributed by atoms with Gasteiger partial charge in [-0.3, -0.25) is 4.79 Å². The van der Waals surface area contributed by atoms with Crippen LogP contribution in [-0.2, 0) is 11.2 Å². The van der Waals surface area contributed by atoms with E-state index in [0.717, 1.165) is 38.0 Å². The van der Waals surface area contributed by atoms with E-state index < -0.39 is 0 Å². The molecule has 2 aromatic rings. The summed E-state index contributed by atoms with van der Waals surface area (Å²) in [5.41, 5.74) is 2.12. The van der Waals surface area contributed by atoms with E-state index in [1.54, 1.807) is 18.2 Å². The number of hydrogen-bond donors (Lipinski definition) is 1. The quantitative estimate of drug-likeness (QED) is 0.805. The molecule has 1 amide bonds. The van der Waals surface area contributed by atoms with Gasteiger partial charge in [-0.15, -0.1) is 0 Å². The van der Waals surface area contributed by atoms with Gasteiger partial charge >= 0.3 is 0 Å². The van der Waals surface area contributed by atoms with Gasteiger partial charge in [-0.1, -0.05) is 53.5 Å². The van der Waals surface area contributed by atoms with Crippen molar-refractivity contribution in [3.8, 4) is 0 Å². The number of nitrogens with one attached hydrogen (secondary N) is 1. The zero-order valence-corrected chi connectivity index (χ0v) is 15.6. The third kappa shape index (κ3) is 5.13. The van der Waals surface area contributed by atoms with Crippen LogP contribution in [0.2, 0.25) is 10.0 Å². The average molecular weight is 377 g/mol. The predicted octanol–water partition coefficient (Wildman–Crippen LogP) is 4.89. The molecule has 0 radical (unpaired) electrons. The molecule has 132 valence electrons. The minimum absolute atomic E-state index is 0.115. The highest BCUT2D eigenvalue weighted by Gasteiger charge is 2.22. The van der Waals surface area contributed by atoms with Gasteiger partial charge in [0.15, 0.2) is 0 Å². The van der Waals surface area contributed by atoms with Crippen LogP contribution < -0.4 is 5.32 Å². The molecule has 1 heterocycles. The lowest BCUT2D eigenvalue weighted by Crippen LogP contribution is -2.41. The number of anilines is 1. The Morgan fingerprint density at radius 2 is 1.80 bits per heavy atom. The minimum Gasteiger partial charge on any atom is -0.375 e. The molecule has 0 saturated carbocycles. The van der Waals surface area contributed by atoms with E-state index in [9.17, 15) is 4.79 Å². The molecule has 0 atom stereocenters. The standard InChI is InChI=1S/C20H22Cl2N2O/c21-17-6-7-19(18(22)13-17)23-14-20(25)24-10-8-16(9-11-24)12-15-4-2-1-3-5-15/h1-7,13,16,23H,8-12,14H2. The van der Waals surface area contributed by atoms with Crippen molar-refractivity contribution < 1.29 is 4.79 Å². The predicted molar refractivity (Wildman–Crippen MR) is 104 cm³/mol. The Labute approximate surface area is 158 Å². The summed E-state index contributed by atoms with van der Waals surface area (Å²) in [6.07, 6.45) is 3.21. The Bertz CT molecular complexity index is 713. The lowest BCUT2D eigenvalue weighted by molar-refractivity contribution is -0.130. The van der Waals surface area contributed by atoms with Gasteiger partial charge in [0.2, 0.25) is 5.91 Å². The van der Waals surface area contributed by atoms with Crippen LogP contribution in [0, 0.1) is 5.92 Å². The summed E-state index contributed by atoms with van der Waals surface area (Å²) in [4.78, 5) is 14.4. The van der Waals surface area contributed by atoms with Gasteiger partial charge in [-0.05, 0) is 48.9 Å². The van der Waals surface area contributed by atoms with Crippen molar-refractivity contribution in [2.24, 2.45) is 5.92 Å². The molecule has 0 aromatic heterocycles. The molecule has 5 heteroatoms. The first kappa shape index (κ1) is 18.1. The molecule has 0 aliphatic carbocycles. The number of halogens is 2. The Morgan fingerprint density at radius 3 is 2.48 bits per heavy atom. The van der Waals surface area contributed by atoms with E-state index in [-0.39, 0.29) is 12.5 Å². The maximum Gasteiger partial charge on any atom is 0.241 e. The highest BCUT2D eigenvalue weighted by molar-refractivity contribution is 6.36. The van der Waals surface area contributed by atoms with Gasteiger partial charge < -0.3 is 10.2 Å². The van der Waals surface area contributed by atoms with Crippen LogP contribution in [-0.4, -0.2) is 30.4 Å². The van der Waals surface area contributed by atoms with E-state index in [1.807, 2.05) is 11.0 Å². The van der Waals surface area contributed by atoms with Gasteiger partial charge in [0.25, 0.3) is 0 Å². The number of hydrogen-bond acceptors (Lipinski definition) is 2. The largest absolute Gasteiger partial charge is 0.375 e. The zero-order chi connectivity index (χ0) is 17.6. The SMILES string of the molecule is O=C(CNc1ccc(Cl)cc1Cl)N1CCC(Cc2ccccc2)CC1. The lowest BCUT2D eigenvalue weighted by Gasteiger charge is -2.32. The fraction of sp³-hybridized carbons (Fsp3) is 0.350. The molecule has 0 unspecified atom stereocenters. The molecular weight excluding hydrogens is 355 g/mol. The monoisotopic (exact) mass is 376 g/mol. The van der Waals surface area contributed by atoms with Crippen LogP contribution in [0.15, 0.2) is 48.5 Å². The zero-order valence-electron chi connectivity index (χ0n) is 14.1. The summed E-state index contributed by atoms with van der Waals surface area (Å²) < 4.78 is 0. The molecule has 2 aromatic carbocycles. The molecule has 1 N–H and O–H groups in total. The minimum atomic E-state index is 0.115. The molecule has 3 nitrogen and oxygen atoms in total. The van der Waals surface area contributed by atoms with E-state index in [0.29, 0.717) is 16.0 Å². The van der Waals surface area contributed by atoms with Crippen molar-refractivity contribution in [1.82, 2.24) is 4.90 Å². The highest BCUT2D eigenvalue weighted by Crippen LogP contribution is 2.25. The van der Waals surface area contributed by atoms with Gasteiger partial charge in [0.1, 0.15) is 0 Å². The van der Waals surface area contributed by atoms with Crippen molar-refractivity contribution >= 4 is 34.8 Å². The van der Waals surface area contributed by atoms with E-state index in [1.165, 1.54) is 5.56 Å². The number of carbonyl (C=O) groups excluding carboxylic acids is 1. The number of amides is 1. The molecule has 1 aliphatic rings. The van der Waals surface area contributed by atoms with Crippen LogP contribution in [0.1, 0.15) is 18.4 Å². The Balaban J connectivity index is 1.45. The van der Waals surface area contributed by atoms with Crippen molar-refractivity contribution in [2.45, 2.75) is 19.3 Å². The molecular formula is C20H22Cl2N2O. The lowest BCUT2D eigenvalue weighted by atomic mass is 9.90. The fourth-order valence-electron chi connectivity index (χ4n) is 3.25. The van der Waals surface area contributed by atoms with Crippen LogP contribution >= 0.6 is 23.2 Å². The van der Waals surface area contributed by atoms with Crippen LogP contribution in [0.4, 0.5) is 5.69 Å². The second kappa shape index (κ2) is 8.59.